The molecular weight excluding hydrogens is 362 g/mol. The van der Waals surface area contributed by atoms with E-state index < -0.39 is 12.1 Å². The van der Waals surface area contributed by atoms with Crippen molar-refractivity contribution in [3.8, 4) is 0 Å². The number of hydrogen-bond acceptors (Lipinski definition) is 3. The molecule has 0 bridgehead atoms. The van der Waals surface area contributed by atoms with Crippen molar-refractivity contribution in [3.05, 3.63) is 108 Å². The van der Waals surface area contributed by atoms with Crippen LogP contribution in [-0.2, 0) is 11.3 Å². The van der Waals surface area contributed by atoms with Crippen LogP contribution in [-0.4, -0.2) is 18.0 Å². The van der Waals surface area contributed by atoms with Gasteiger partial charge in [-0.15, -0.1) is 0 Å². The summed E-state index contributed by atoms with van der Waals surface area (Å²) in [5.41, 5.74) is 3.06. The molecular formula is C24H25N3O2. The van der Waals surface area contributed by atoms with E-state index in [9.17, 15) is 9.59 Å². The van der Waals surface area contributed by atoms with E-state index in [-0.39, 0.29) is 11.9 Å². The van der Waals surface area contributed by atoms with E-state index in [0.29, 0.717) is 6.54 Å². The van der Waals surface area contributed by atoms with Crippen LogP contribution in [0.15, 0.2) is 91.0 Å². The smallest absolute Gasteiger partial charge is 0.321 e. The third-order valence-electron chi connectivity index (χ3n) is 4.61. The zero-order chi connectivity index (χ0) is 20.5. The van der Waals surface area contributed by atoms with E-state index in [0.717, 1.165) is 16.7 Å². The van der Waals surface area contributed by atoms with Crippen molar-refractivity contribution >= 4 is 11.9 Å². The third-order valence-corrected chi connectivity index (χ3v) is 4.61. The second kappa shape index (κ2) is 10.2. The summed E-state index contributed by atoms with van der Waals surface area (Å²) in [5, 5.41) is 8.45. The number of carbonyl (C=O) groups excluding carboxylic acids is 2. The summed E-state index contributed by atoms with van der Waals surface area (Å²) in [4.78, 5) is 24.6. The second-order valence-electron chi connectivity index (χ2n) is 6.80. The fourth-order valence-corrected chi connectivity index (χ4v) is 3.04. The molecule has 0 saturated heterocycles. The molecule has 0 aromatic heterocycles. The van der Waals surface area contributed by atoms with Crippen molar-refractivity contribution in [2.24, 2.45) is 0 Å². The van der Waals surface area contributed by atoms with E-state index in [2.05, 4.69) is 16.0 Å². The Morgan fingerprint density at radius 1 is 0.759 bits per heavy atom. The molecule has 3 aromatic carbocycles. The number of imide groups is 1. The molecule has 3 amide bonds. The Kier molecular flexibility index (Phi) is 7.14. The first-order valence-electron chi connectivity index (χ1n) is 9.62. The highest BCUT2D eigenvalue weighted by molar-refractivity contribution is 5.96. The minimum Gasteiger partial charge on any atom is -0.334 e. The number of hydrogen-bond donors (Lipinski definition) is 3. The Balaban J connectivity index is 1.61. The van der Waals surface area contributed by atoms with Crippen LogP contribution in [0.2, 0.25) is 0 Å². The fourth-order valence-electron chi connectivity index (χ4n) is 3.04. The summed E-state index contributed by atoms with van der Waals surface area (Å²) < 4.78 is 0. The zero-order valence-electron chi connectivity index (χ0n) is 16.3. The van der Waals surface area contributed by atoms with E-state index >= 15 is 0 Å². The Hall–Kier alpha value is -3.44. The van der Waals surface area contributed by atoms with Crippen LogP contribution in [0, 0.1) is 0 Å². The van der Waals surface area contributed by atoms with Crippen LogP contribution < -0.4 is 16.0 Å². The van der Waals surface area contributed by atoms with Gasteiger partial charge in [0.25, 0.3) is 0 Å². The Morgan fingerprint density at radius 2 is 1.24 bits per heavy atom. The van der Waals surface area contributed by atoms with E-state index in [1.807, 2.05) is 91.0 Å². The topological polar surface area (TPSA) is 70.2 Å². The monoisotopic (exact) mass is 387 g/mol. The molecule has 0 heterocycles. The summed E-state index contributed by atoms with van der Waals surface area (Å²) in [7, 11) is 0. The molecule has 0 saturated carbocycles. The molecule has 3 rings (SSSR count). The van der Waals surface area contributed by atoms with Crippen LogP contribution in [0.1, 0.15) is 29.7 Å². The van der Waals surface area contributed by atoms with E-state index in [4.69, 9.17) is 0 Å². The predicted molar refractivity (Wildman–Crippen MR) is 114 cm³/mol. The highest BCUT2D eigenvalue weighted by Crippen LogP contribution is 2.22. The first-order chi connectivity index (χ1) is 14.1. The predicted octanol–water partition coefficient (Wildman–Crippen LogP) is 3.78. The lowest BCUT2D eigenvalue weighted by Crippen LogP contribution is -2.48. The quantitative estimate of drug-likeness (QED) is 0.578. The van der Waals surface area contributed by atoms with Crippen LogP contribution >= 0.6 is 0 Å². The van der Waals surface area contributed by atoms with Crippen molar-refractivity contribution < 1.29 is 9.59 Å². The number of carbonyl (C=O) groups is 2. The molecule has 148 valence electrons. The van der Waals surface area contributed by atoms with Gasteiger partial charge in [-0.1, -0.05) is 91.0 Å². The normalized spacial score (nSPS) is 11.7. The summed E-state index contributed by atoms with van der Waals surface area (Å²) in [6, 6.07) is 28.2. The summed E-state index contributed by atoms with van der Waals surface area (Å²) in [6.45, 7) is 2.11. The van der Waals surface area contributed by atoms with Gasteiger partial charge in [-0.3, -0.25) is 15.4 Å². The van der Waals surface area contributed by atoms with E-state index in [1.165, 1.54) is 0 Å². The minimum absolute atomic E-state index is 0.162. The van der Waals surface area contributed by atoms with Crippen molar-refractivity contribution in [3.63, 3.8) is 0 Å². The van der Waals surface area contributed by atoms with Crippen LogP contribution in [0.3, 0.4) is 0 Å². The van der Waals surface area contributed by atoms with Crippen molar-refractivity contribution in [1.82, 2.24) is 16.0 Å². The Bertz CT molecular complexity index is 875. The largest absolute Gasteiger partial charge is 0.334 e. The van der Waals surface area contributed by atoms with Gasteiger partial charge >= 0.3 is 6.03 Å². The molecule has 1 atom stereocenters. The molecule has 0 aliphatic heterocycles. The number of benzene rings is 3. The van der Waals surface area contributed by atoms with Gasteiger partial charge in [0.15, 0.2) is 0 Å². The van der Waals surface area contributed by atoms with Gasteiger partial charge in [-0.05, 0) is 23.6 Å². The molecule has 0 fully saturated rings. The highest BCUT2D eigenvalue weighted by atomic mass is 16.2. The lowest BCUT2D eigenvalue weighted by atomic mass is 9.98. The van der Waals surface area contributed by atoms with Crippen molar-refractivity contribution in [2.75, 3.05) is 0 Å². The maximum Gasteiger partial charge on any atom is 0.321 e. The van der Waals surface area contributed by atoms with Crippen LogP contribution in [0.25, 0.3) is 0 Å². The zero-order valence-corrected chi connectivity index (χ0v) is 16.3. The lowest BCUT2D eigenvalue weighted by molar-refractivity contribution is -0.121. The summed E-state index contributed by atoms with van der Waals surface area (Å²) in [6.07, 6.45) is 0. The molecule has 0 spiro atoms. The number of amides is 3. The van der Waals surface area contributed by atoms with Gasteiger partial charge in [-0.2, -0.15) is 0 Å². The number of rotatable bonds is 7. The third kappa shape index (κ3) is 6.02. The van der Waals surface area contributed by atoms with Gasteiger partial charge in [-0.25, -0.2) is 4.79 Å². The Labute approximate surface area is 171 Å². The van der Waals surface area contributed by atoms with Crippen LogP contribution in [0.5, 0.6) is 0 Å². The van der Waals surface area contributed by atoms with Gasteiger partial charge < -0.3 is 5.32 Å². The molecule has 3 N–H and O–H groups in total. The Morgan fingerprint density at radius 3 is 1.76 bits per heavy atom. The summed E-state index contributed by atoms with van der Waals surface area (Å²) in [5.74, 6) is -0.382. The van der Waals surface area contributed by atoms with Crippen molar-refractivity contribution in [1.29, 1.82) is 0 Å². The minimum atomic E-state index is -0.567. The molecule has 5 nitrogen and oxygen atoms in total. The maximum absolute atomic E-state index is 12.5. The average molecular weight is 387 g/mol. The van der Waals surface area contributed by atoms with Gasteiger partial charge in [0.1, 0.15) is 0 Å². The molecule has 29 heavy (non-hydrogen) atoms. The number of nitrogens with one attached hydrogen (secondary N) is 3. The fraction of sp³-hybridized carbons (Fsp3) is 0.167. The lowest BCUT2D eigenvalue weighted by Gasteiger charge is -2.24. The molecule has 0 radical (unpaired) electrons. The van der Waals surface area contributed by atoms with Gasteiger partial charge in [0, 0.05) is 6.54 Å². The molecule has 0 aliphatic rings. The maximum atomic E-state index is 12.5. The van der Waals surface area contributed by atoms with Gasteiger partial charge in [0.2, 0.25) is 5.91 Å². The standard InChI is InChI=1S/C24H25N3O2/c1-18(23(28)27-24(29)25-17-19-11-5-2-6-12-19)26-22(20-13-7-3-8-14-20)21-15-9-4-10-16-21/h2-16,18,22,26H,17H2,1H3,(H2,25,27,28,29)/t18-/m1/s1. The first kappa shape index (κ1) is 20.3. The average Bonchev–Trinajstić information content (AvgIpc) is 2.77. The molecule has 0 aliphatic carbocycles. The molecule has 3 aromatic rings. The van der Waals surface area contributed by atoms with Crippen LogP contribution in [0.4, 0.5) is 4.79 Å². The number of urea groups is 1. The van der Waals surface area contributed by atoms with E-state index in [1.54, 1.807) is 6.92 Å². The SMILES string of the molecule is C[C@@H](NC(c1ccccc1)c1ccccc1)C(=O)NC(=O)NCc1ccccc1. The summed E-state index contributed by atoms with van der Waals surface area (Å²) >= 11 is 0. The molecule has 0 unspecified atom stereocenters. The first-order valence-corrected chi connectivity index (χ1v) is 9.62. The van der Waals surface area contributed by atoms with Crippen molar-refractivity contribution in [2.45, 2.75) is 25.6 Å². The highest BCUT2D eigenvalue weighted by Gasteiger charge is 2.21. The van der Waals surface area contributed by atoms with Gasteiger partial charge in [0.05, 0.1) is 12.1 Å². The second-order valence-corrected chi connectivity index (χ2v) is 6.80. The molecule has 5 heteroatoms.